The molecule has 1 rings (SSSR count). The lowest BCUT2D eigenvalue weighted by Crippen LogP contribution is -2.45. The molecule has 0 radical (unpaired) electrons. The van der Waals surface area contributed by atoms with Gasteiger partial charge in [-0.1, -0.05) is 6.92 Å². The zero-order valence-electron chi connectivity index (χ0n) is 8.88. The minimum atomic E-state index is -0.230. The van der Waals surface area contributed by atoms with E-state index in [1.807, 2.05) is 0 Å². The summed E-state index contributed by atoms with van der Waals surface area (Å²) in [6.45, 7) is 3.99. The number of carbonyl (C=O) groups is 1. The van der Waals surface area contributed by atoms with E-state index in [9.17, 15) is 4.79 Å². The second-order valence-electron chi connectivity index (χ2n) is 3.89. The van der Waals surface area contributed by atoms with Crippen LogP contribution in [-0.4, -0.2) is 31.1 Å². The Morgan fingerprint density at radius 3 is 3.00 bits per heavy atom. The Labute approximate surface area is 85.6 Å². The van der Waals surface area contributed by atoms with Crippen molar-refractivity contribution in [2.75, 3.05) is 13.1 Å². The zero-order chi connectivity index (χ0) is 10.4. The second kappa shape index (κ2) is 5.98. The molecule has 1 saturated heterocycles. The van der Waals surface area contributed by atoms with Crippen LogP contribution in [-0.2, 0) is 4.79 Å². The highest BCUT2D eigenvalue weighted by atomic mass is 16.1. The van der Waals surface area contributed by atoms with E-state index in [1.54, 1.807) is 0 Å². The molecule has 4 nitrogen and oxygen atoms in total. The Morgan fingerprint density at radius 2 is 2.50 bits per heavy atom. The molecule has 4 N–H and O–H groups in total. The third-order valence-corrected chi connectivity index (χ3v) is 2.80. The summed E-state index contributed by atoms with van der Waals surface area (Å²) in [5.74, 6) is -0.230. The first-order valence-electron chi connectivity index (χ1n) is 5.49. The molecule has 1 amide bonds. The van der Waals surface area contributed by atoms with Crippen LogP contribution in [0.25, 0.3) is 0 Å². The normalized spacial score (nSPS) is 23.6. The lowest BCUT2D eigenvalue weighted by molar-refractivity contribution is -0.117. The van der Waals surface area contributed by atoms with Crippen molar-refractivity contribution in [3.8, 4) is 0 Å². The molecule has 0 saturated carbocycles. The molecule has 82 valence electrons. The van der Waals surface area contributed by atoms with Crippen molar-refractivity contribution in [2.24, 2.45) is 5.73 Å². The molecular formula is C10H21N3O. The van der Waals surface area contributed by atoms with Crippen LogP contribution < -0.4 is 16.4 Å². The van der Waals surface area contributed by atoms with Gasteiger partial charge in [0.25, 0.3) is 0 Å². The van der Waals surface area contributed by atoms with Crippen LogP contribution in [0.15, 0.2) is 0 Å². The minimum absolute atomic E-state index is 0.230. The van der Waals surface area contributed by atoms with Gasteiger partial charge in [0, 0.05) is 25.0 Å². The van der Waals surface area contributed by atoms with E-state index in [4.69, 9.17) is 5.73 Å². The Hall–Kier alpha value is -0.610. The Balaban J connectivity index is 2.20. The van der Waals surface area contributed by atoms with Crippen molar-refractivity contribution >= 4 is 5.91 Å². The highest BCUT2D eigenvalue weighted by Crippen LogP contribution is 2.11. The standard InChI is InChI=1S/C10H21N3O/c1-2-8(9-4-3-6-12-9)13-7-5-10(11)14/h8-9,12-13H,2-7H2,1H3,(H2,11,14). The molecular weight excluding hydrogens is 178 g/mol. The number of primary amides is 1. The third-order valence-electron chi connectivity index (χ3n) is 2.80. The summed E-state index contributed by atoms with van der Waals surface area (Å²) >= 11 is 0. The summed E-state index contributed by atoms with van der Waals surface area (Å²) < 4.78 is 0. The fraction of sp³-hybridized carbons (Fsp3) is 0.900. The molecule has 14 heavy (non-hydrogen) atoms. The van der Waals surface area contributed by atoms with Crippen molar-refractivity contribution in [2.45, 2.75) is 44.7 Å². The first-order chi connectivity index (χ1) is 6.74. The summed E-state index contributed by atoms with van der Waals surface area (Å²) in [4.78, 5) is 10.6. The van der Waals surface area contributed by atoms with Crippen LogP contribution >= 0.6 is 0 Å². The number of rotatable bonds is 6. The number of amides is 1. The van der Waals surface area contributed by atoms with Crippen molar-refractivity contribution in [1.29, 1.82) is 0 Å². The highest BCUT2D eigenvalue weighted by molar-refractivity contribution is 5.73. The van der Waals surface area contributed by atoms with Crippen LogP contribution in [0.3, 0.4) is 0 Å². The summed E-state index contributed by atoms with van der Waals surface area (Å²) in [7, 11) is 0. The van der Waals surface area contributed by atoms with E-state index < -0.39 is 0 Å². The molecule has 1 aliphatic heterocycles. The molecule has 2 atom stereocenters. The van der Waals surface area contributed by atoms with Gasteiger partial charge >= 0.3 is 0 Å². The first-order valence-corrected chi connectivity index (χ1v) is 5.49. The monoisotopic (exact) mass is 199 g/mol. The van der Waals surface area contributed by atoms with Crippen LogP contribution in [0.5, 0.6) is 0 Å². The molecule has 1 fully saturated rings. The number of nitrogens with two attached hydrogens (primary N) is 1. The fourth-order valence-corrected chi connectivity index (χ4v) is 2.01. The summed E-state index contributed by atoms with van der Waals surface area (Å²) in [6, 6.07) is 1.06. The predicted octanol–water partition coefficient (Wildman–Crippen LogP) is -0.0180. The van der Waals surface area contributed by atoms with Gasteiger partial charge in [0.2, 0.25) is 5.91 Å². The van der Waals surface area contributed by atoms with Crippen molar-refractivity contribution in [1.82, 2.24) is 10.6 Å². The molecule has 0 aromatic carbocycles. The number of nitrogens with one attached hydrogen (secondary N) is 2. The van der Waals surface area contributed by atoms with E-state index in [0.29, 0.717) is 25.0 Å². The maximum Gasteiger partial charge on any atom is 0.218 e. The molecule has 0 aromatic heterocycles. The average molecular weight is 199 g/mol. The molecule has 1 aliphatic rings. The highest BCUT2D eigenvalue weighted by Gasteiger charge is 2.22. The van der Waals surface area contributed by atoms with Crippen LogP contribution in [0.4, 0.5) is 0 Å². The van der Waals surface area contributed by atoms with Gasteiger partial charge in [0.05, 0.1) is 0 Å². The van der Waals surface area contributed by atoms with E-state index in [2.05, 4.69) is 17.6 Å². The van der Waals surface area contributed by atoms with Gasteiger partial charge in [-0.3, -0.25) is 4.79 Å². The lowest BCUT2D eigenvalue weighted by Gasteiger charge is -2.23. The quantitative estimate of drug-likeness (QED) is 0.563. The number of hydrogen-bond acceptors (Lipinski definition) is 3. The van der Waals surface area contributed by atoms with E-state index >= 15 is 0 Å². The van der Waals surface area contributed by atoms with Gasteiger partial charge in [-0.15, -0.1) is 0 Å². The lowest BCUT2D eigenvalue weighted by atomic mass is 10.0. The van der Waals surface area contributed by atoms with E-state index in [1.165, 1.54) is 12.8 Å². The van der Waals surface area contributed by atoms with Crippen LogP contribution in [0, 0.1) is 0 Å². The van der Waals surface area contributed by atoms with Gasteiger partial charge in [0.1, 0.15) is 0 Å². The molecule has 0 aromatic rings. The average Bonchev–Trinajstić information content (AvgIpc) is 2.64. The third kappa shape index (κ3) is 3.64. The largest absolute Gasteiger partial charge is 0.370 e. The minimum Gasteiger partial charge on any atom is -0.370 e. The molecule has 0 spiro atoms. The smallest absolute Gasteiger partial charge is 0.218 e. The molecule has 2 unspecified atom stereocenters. The molecule has 1 heterocycles. The van der Waals surface area contributed by atoms with Crippen LogP contribution in [0.1, 0.15) is 32.6 Å². The fourth-order valence-electron chi connectivity index (χ4n) is 2.01. The van der Waals surface area contributed by atoms with Crippen LogP contribution in [0.2, 0.25) is 0 Å². The Morgan fingerprint density at radius 1 is 1.71 bits per heavy atom. The Bertz CT molecular complexity index is 178. The van der Waals surface area contributed by atoms with Gasteiger partial charge < -0.3 is 16.4 Å². The predicted molar refractivity (Wildman–Crippen MR) is 56.9 cm³/mol. The van der Waals surface area contributed by atoms with Gasteiger partial charge in [-0.25, -0.2) is 0 Å². The summed E-state index contributed by atoms with van der Waals surface area (Å²) in [5, 5.41) is 6.85. The van der Waals surface area contributed by atoms with E-state index in [0.717, 1.165) is 13.0 Å². The second-order valence-corrected chi connectivity index (χ2v) is 3.89. The Kier molecular flexibility index (Phi) is 4.90. The van der Waals surface area contributed by atoms with Crippen molar-refractivity contribution in [3.05, 3.63) is 0 Å². The summed E-state index contributed by atoms with van der Waals surface area (Å²) in [5.41, 5.74) is 5.08. The molecule has 0 aliphatic carbocycles. The maximum absolute atomic E-state index is 10.6. The SMILES string of the molecule is CCC(NCCC(N)=O)C1CCCN1. The van der Waals surface area contributed by atoms with Crippen molar-refractivity contribution < 1.29 is 4.79 Å². The molecule has 4 heteroatoms. The van der Waals surface area contributed by atoms with Gasteiger partial charge in [-0.2, -0.15) is 0 Å². The summed E-state index contributed by atoms with van der Waals surface area (Å²) in [6.07, 6.45) is 4.03. The maximum atomic E-state index is 10.6. The number of hydrogen-bond donors (Lipinski definition) is 3. The number of carbonyl (C=O) groups excluding carboxylic acids is 1. The topological polar surface area (TPSA) is 67.1 Å². The van der Waals surface area contributed by atoms with E-state index in [-0.39, 0.29) is 5.91 Å². The first kappa shape index (κ1) is 11.5. The molecule has 0 bridgehead atoms. The van der Waals surface area contributed by atoms with Gasteiger partial charge in [0.15, 0.2) is 0 Å². The van der Waals surface area contributed by atoms with Gasteiger partial charge in [-0.05, 0) is 25.8 Å². The van der Waals surface area contributed by atoms with Crippen molar-refractivity contribution in [3.63, 3.8) is 0 Å². The zero-order valence-corrected chi connectivity index (χ0v) is 8.88.